The molecular formula is C16H17Br. The number of halogens is 1. The van der Waals surface area contributed by atoms with Crippen molar-refractivity contribution in [3.63, 3.8) is 0 Å². The summed E-state index contributed by atoms with van der Waals surface area (Å²) in [5.41, 5.74) is 4.23. The molecule has 0 bridgehead atoms. The minimum Gasteiger partial charge on any atom is -0.0613 e. The average Bonchev–Trinajstić information content (AvgIpc) is 2.39. The fourth-order valence-electron chi connectivity index (χ4n) is 1.88. The molecule has 1 heteroatoms. The second-order valence-electron chi connectivity index (χ2n) is 4.30. The summed E-state index contributed by atoms with van der Waals surface area (Å²) in [5, 5.41) is 0. The van der Waals surface area contributed by atoms with Crippen molar-refractivity contribution in [3.8, 4) is 0 Å². The molecule has 88 valence electrons. The summed E-state index contributed by atoms with van der Waals surface area (Å²) >= 11 is 3.46. The van der Waals surface area contributed by atoms with E-state index < -0.39 is 0 Å². The van der Waals surface area contributed by atoms with Gasteiger partial charge in [-0.25, -0.2) is 0 Å². The van der Waals surface area contributed by atoms with Gasteiger partial charge in [-0.15, -0.1) is 0 Å². The number of rotatable bonds is 4. The Hall–Kier alpha value is -1.08. The van der Waals surface area contributed by atoms with Crippen LogP contribution in [0.25, 0.3) is 0 Å². The van der Waals surface area contributed by atoms with Crippen LogP contribution in [-0.2, 0) is 19.3 Å². The van der Waals surface area contributed by atoms with E-state index >= 15 is 0 Å². The molecule has 2 aromatic carbocycles. The molecule has 0 fully saturated rings. The predicted molar refractivity (Wildman–Crippen MR) is 77.4 cm³/mol. The Kier molecular flexibility index (Phi) is 4.38. The molecule has 0 aliphatic carbocycles. The molecule has 0 N–H and O–H groups in total. The van der Waals surface area contributed by atoms with Crippen LogP contribution in [0.1, 0.15) is 23.6 Å². The van der Waals surface area contributed by atoms with E-state index in [9.17, 15) is 0 Å². The van der Waals surface area contributed by atoms with E-state index in [1.807, 2.05) is 0 Å². The molecule has 0 heterocycles. The number of benzene rings is 2. The maximum Gasteiger partial charge on any atom is 0.0175 e. The van der Waals surface area contributed by atoms with E-state index in [4.69, 9.17) is 0 Å². The van der Waals surface area contributed by atoms with E-state index in [1.54, 1.807) is 0 Å². The summed E-state index contributed by atoms with van der Waals surface area (Å²) in [6.45, 7) is 2.19. The van der Waals surface area contributed by atoms with Gasteiger partial charge in [0.15, 0.2) is 0 Å². The standard InChI is InChI=1S/C16H17Br/c1-2-13-3-5-14(6-4-13)7-8-15-9-11-16(17)12-10-15/h3-6,9-12H,2,7-8H2,1H3. The van der Waals surface area contributed by atoms with Crippen molar-refractivity contribution in [3.05, 3.63) is 69.7 Å². The Morgan fingerprint density at radius 1 is 0.706 bits per heavy atom. The average molecular weight is 289 g/mol. The summed E-state index contributed by atoms with van der Waals surface area (Å²) in [7, 11) is 0. The molecule has 0 nitrogen and oxygen atoms in total. The van der Waals surface area contributed by atoms with Gasteiger partial charge >= 0.3 is 0 Å². The number of aryl methyl sites for hydroxylation is 3. The summed E-state index contributed by atoms with van der Waals surface area (Å²) in [6, 6.07) is 17.5. The highest BCUT2D eigenvalue weighted by Crippen LogP contribution is 2.13. The van der Waals surface area contributed by atoms with Gasteiger partial charge in [0, 0.05) is 4.47 Å². The molecule has 17 heavy (non-hydrogen) atoms. The van der Waals surface area contributed by atoms with E-state index in [0.29, 0.717) is 0 Å². The fourth-order valence-corrected chi connectivity index (χ4v) is 2.15. The van der Waals surface area contributed by atoms with Crippen molar-refractivity contribution in [1.29, 1.82) is 0 Å². The van der Waals surface area contributed by atoms with Gasteiger partial charge in [-0.2, -0.15) is 0 Å². The van der Waals surface area contributed by atoms with Crippen LogP contribution >= 0.6 is 15.9 Å². The molecule has 0 spiro atoms. The minimum absolute atomic E-state index is 1.11. The van der Waals surface area contributed by atoms with E-state index in [-0.39, 0.29) is 0 Å². The molecule has 0 saturated carbocycles. The largest absolute Gasteiger partial charge is 0.0613 e. The Morgan fingerprint density at radius 2 is 1.12 bits per heavy atom. The predicted octanol–water partition coefficient (Wildman–Crippen LogP) is 4.80. The van der Waals surface area contributed by atoms with Crippen LogP contribution in [0.15, 0.2) is 53.0 Å². The lowest BCUT2D eigenvalue weighted by Gasteiger charge is -2.03. The zero-order valence-corrected chi connectivity index (χ0v) is 11.7. The van der Waals surface area contributed by atoms with Crippen molar-refractivity contribution in [2.45, 2.75) is 26.2 Å². The molecule has 2 rings (SSSR count). The highest BCUT2D eigenvalue weighted by atomic mass is 79.9. The SMILES string of the molecule is CCc1ccc(CCc2ccc(Br)cc2)cc1. The van der Waals surface area contributed by atoms with Crippen molar-refractivity contribution < 1.29 is 0 Å². The zero-order chi connectivity index (χ0) is 12.1. The van der Waals surface area contributed by atoms with E-state index in [2.05, 4.69) is 71.4 Å². The first-order valence-corrected chi connectivity index (χ1v) is 6.89. The lowest BCUT2D eigenvalue weighted by atomic mass is 10.0. The van der Waals surface area contributed by atoms with Crippen molar-refractivity contribution in [2.75, 3.05) is 0 Å². The molecule has 0 amide bonds. The third kappa shape index (κ3) is 3.71. The quantitative estimate of drug-likeness (QED) is 0.758. The van der Waals surface area contributed by atoms with Gasteiger partial charge in [-0.1, -0.05) is 59.3 Å². The van der Waals surface area contributed by atoms with Crippen LogP contribution in [-0.4, -0.2) is 0 Å². The summed E-state index contributed by atoms with van der Waals surface area (Å²) < 4.78 is 1.15. The normalized spacial score (nSPS) is 10.5. The van der Waals surface area contributed by atoms with Crippen molar-refractivity contribution in [1.82, 2.24) is 0 Å². The molecular weight excluding hydrogens is 272 g/mol. The lowest BCUT2D eigenvalue weighted by Crippen LogP contribution is -1.91. The van der Waals surface area contributed by atoms with Crippen LogP contribution in [0.2, 0.25) is 0 Å². The third-order valence-electron chi connectivity index (χ3n) is 3.05. The first-order valence-electron chi connectivity index (χ1n) is 6.10. The first kappa shape index (κ1) is 12.4. The molecule has 0 unspecified atom stereocenters. The van der Waals surface area contributed by atoms with Crippen LogP contribution in [0.5, 0.6) is 0 Å². The second kappa shape index (κ2) is 6.02. The summed E-state index contributed by atoms with van der Waals surface area (Å²) in [4.78, 5) is 0. The molecule has 2 aromatic rings. The second-order valence-corrected chi connectivity index (χ2v) is 5.21. The van der Waals surface area contributed by atoms with Crippen LogP contribution in [0.3, 0.4) is 0 Å². The number of hydrogen-bond donors (Lipinski definition) is 0. The van der Waals surface area contributed by atoms with Gasteiger partial charge in [-0.3, -0.25) is 0 Å². The Labute approximate surface area is 112 Å². The smallest absolute Gasteiger partial charge is 0.0175 e. The number of hydrogen-bond acceptors (Lipinski definition) is 0. The molecule has 0 aromatic heterocycles. The fraction of sp³-hybridized carbons (Fsp3) is 0.250. The van der Waals surface area contributed by atoms with E-state index in [1.165, 1.54) is 16.7 Å². The third-order valence-corrected chi connectivity index (χ3v) is 3.58. The van der Waals surface area contributed by atoms with Gasteiger partial charge in [0.2, 0.25) is 0 Å². The monoisotopic (exact) mass is 288 g/mol. The van der Waals surface area contributed by atoms with Gasteiger partial charge in [-0.05, 0) is 48.1 Å². The maximum atomic E-state index is 3.46. The van der Waals surface area contributed by atoms with Gasteiger partial charge in [0.1, 0.15) is 0 Å². The molecule has 0 radical (unpaired) electrons. The zero-order valence-electron chi connectivity index (χ0n) is 10.1. The van der Waals surface area contributed by atoms with Crippen LogP contribution in [0, 0.1) is 0 Å². The van der Waals surface area contributed by atoms with Gasteiger partial charge in [0.05, 0.1) is 0 Å². The topological polar surface area (TPSA) is 0 Å². The molecule has 0 aliphatic rings. The summed E-state index contributed by atoms with van der Waals surface area (Å²) in [5.74, 6) is 0. The Bertz CT molecular complexity index is 454. The lowest BCUT2D eigenvalue weighted by molar-refractivity contribution is 0.957. The van der Waals surface area contributed by atoms with Crippen LogP contribution in [0.4, 0.5) is 0 Å². The van der Waals surface area contributed by atoms with Crippen molar-refractivity contribution in [2.24, 2.45) is 0 Å². The van der Waals surface area contributed by atoms with Gasteiger partial charge < -0.3 is 0 Å². The van der Waals surface area contributed by atoms with E-state index in [0.717, 1.165) is 23.7 Å². The Balaban J connectivity index is 1.95. The van der Waals surface area contributed by atoms with Crippen molar-refractivity contribution >= 4 is 15.9 Å². The highest BCUT2D eigenvalue weighted by Gasteiger charge is 1.96. The van der Waals surface area contributed by atoms with Gasteiger partial charge in [0.25, 0.3) is 0 Å². The molecule has 0 atom stereocenters. The molecule has 0 aliphatic heterocycles. The Morgan fingerprint density at radius 3 is 1.59 bits per heavy atom. The highest BCUT2D eigenvalue weighted by molar-refractivity contribution is 9.10. The minimum atomic E-state index is 1.11. The summed E-state index contributed by atoms with van der Waals surface area (Å²) in [6.07, 6.45) is 3.34. The molecule has 0 saturated heterocycles. The van der Waals surface area contributed by atoms with Crippen LogP contribution < -0.4 is 0 Å². The first-order chi connectivity index (χ1) is 8.28. The maximum absolute atomic E-state index is 3.46.